The normalized spacial score (nSPS) is 15.1. The molecule has 0 aromatic rings. The van der Waals surface area contributed by atoms with Gasteiger partial charge in [-0.2, -0.15) is 0 Å². The lowest BCUT2D eigenvalue weighted by molar-refractivity contribution is -0.139. The number of rotatable bonds is 5. The van der Waals surface area contributed by atoms with E-state index in [1.165, 1.54) is 0 Å². The number of carbonyl (C=O) groups excluding carboxylic acids is 2. The van der Waals surface area contributed by atoms with Gasteiger partial charge in [-0.1, -0.05) is 13.3 Å². The second-order valence-electron chi connectivity index (χ2n) is 3.79. The molecule has 0 saturated carbocycles. The first-order valence-electron chi connectivity index (χ1n) is 5.60. The molecule has 0 saturated heterocycles. The number of hydrogen-bond acceptors (Lipinski definition) is 3. The van der Waals surface area contributed by atoms with E-state index in [4.69, 9.17) is 10.5 Å². The minimum atomic E-state index is -0.629. The van der Waals surface area contributed by atoms with Crippen molar-refractivity contribution in [2.45, 2.75) is 39.0 Å². The molecule has 0 aromatic carbocycles. The first-order chi connectivity index (χ1) is 7.65. The fourth-order valence-corrected chi connectivity index (χ4v) is 1.65. The van der Waals surface area contributed by atoms with Gasteiger partial charge in [-0.25, -0.2) is 9.59 Å². The van der Waals surface area contributed by atoms with Gasteiger partial charge < -0.3 is 15.8 Å². The van der Waals surface area contributed by atoms with E-state index in [1.807, 2.05) is 6.92 Å². The Balaban J connectivity index is 2.54. The van der Waals surface area contributed by atoms with E-state index in [2.05, 4.69) is 5.32 Å². The number of nitrogens with one attached hydrogen (secondary N) is 1. The van der Waals surface area contributed by atoms with Crippen LogP contribution in [0.25, 0.3) is 0 Å². The average molecular weight is 226 g/mol. The molecular formula is C11H18N2O3. The topological polar surface area (TPSA) is 81.4 Å². The molecule has 90 valence electrons. The van der Waals surface area contributed by atoms with Crippen molar-refractivity contribution in [2.24, 2.45) is 5.73 Å². The van der Waals surface area contributed by atoms with Gasteiger partial charge in [-0.15, -0.1) is 0 Å². The molecule has 16 heavy (non-hydrogen) atoms. The van der Waals surface area contributed by atoms with E-state index >= 15 is 0 Å². The molecule has 2 amide bonds. The summed E-state index contributed by atoms with van der Waals surface area (Å²) >= 11 is 0. The van der Waals surface area contributed by atoms with Crippen LogP contribution in [0.2, 0.25) is 0 Å². The van der Waals surface area contributed by atoms with Gasteiger partial charge >= 0.3 is 12.0 Å². The van der Waals surface area contributed by atoms with E-state index in [0.717, 1.165) is 19.3 Å². The van der Waals surface area contributed by atoms with Crippen molar-refractivity contribution in [1.82, 2.24) is 5.32 Å². The minimum Gasteiger partial charge on any atom is -0.462 e. The van der Waals surface area contributed by atoms with Gasteiger partial charge in [0.2, 0.25) is 0 Å². The summed E-state index contributed by atoms with van der Waals surface area (Å²) in [7, 11) is 0. The van der Waals surface area contributed by atoms with Crippen molar-refractivity contribution >= 4 is 12.0 Å². The van der Waals surface area contributed by atoms with Crippen LogP contribution in [0.15, 0.2) is 11.3 Å². The Morgan fingerprint density at radius 1 is 1.44 bits per heavy atom. The predicted molar refractivity (Wildman–Crippen MR) is 59.5 cm³/mol. The summed E-state index contributed by atoms with van der Waals surface area (Å²) in [6.07, 6.45) is 4.03. The Morgan fingerprint density at radius 3 is 2.81 bits per heavy atom. The van der Waals surface area contributed by atoms with Crippen LogP contribution >= 0.6 is 0 Å². The van der Waals surface area contributed by atoms with Crippen molar-refractivity contribution < 1.29 is 14.3 Å². The van der Waals surface area contributed by atoms with Gasteiger partial charge in [0.05, 0.1) is 12.2 Å². The van der Waals surface area contributed by atoms with E-state index < -0.39 is 6.03 Å². The number of urea groups is 1. The Morgan fingerprint density at radius 2 is 2.19 bits per heavy atom. The lowest BCUT2D eigenvalue weighted by atomic mass is 10.2. The number of ether oxygens (including phenoxy) is 1. The van der Waals surface area contributed by atoms with Crippen LogP contribution < -0.4 is 11.1 Å². The highest BCUT2D eigenvalue weighted by atomic mass is 16.5. The SMILES string of the molecule is CCCCOC(=O)C1=C(NC(N)=O)CCC1. The second-order valence-corrected chi connectivity index (χ2v) is 3.79. The Kier molecular flexibility index (Phi) is 4.82. The summed E-state index contributed by atoms with van der Waals surface area (Å²) in [5.41, 5.74) is 6.20. The highest BCUT2D eigenvalue weighted by Crippen LogP contribution is 2.24. The van der Waals surface area contributed by atoms with Gasteiger partial charge in [0.25, 0.3) is 0 Å². The minimum absolute atomic E-state index is 0.324. The number of amides is 2. The van der Waals surface area contributed by atoms with E-state index in [9.17, 15) is 9.59 Å². The number of esters is 1. The van der Waals surface area contributed by atoms with Crippen molar-refractivity contribution in [3.05, 3.63) is 11.3 Å². The molecule has 0 spiro atoms. The molecule has 0 atom stereocenters. The number of allylic oxidation sites excluding steroid dienone is 1. The maximum absolute atomic E-state index is 11.6. The van der Waals surface area contributed by atoms with E-state index in [-0.39, 0.29) is 5.97 Å². The standard InChI is InChI=1S/C11H18N2O3/c1-2-3-7-16-10(14)8-5-4-6-9(8)13-11(12)15/h2-7H2,1H3,(H3,12,13,15). The molecule has 1 rings (SSSR count). The Labute approximate surface area is 95.0 Å². The zero-order valence-corrected chi connectivity index (χ0v) is 9.54. The number of carbonyl (C=O) groups is 2. The van der Waals surface area contributed by atoms with E-state index in [0.29, 0.717) is 30.7 Å². The summed E-state index contributed by atoms with van der Waals surface area (Å²) in [6, 6.07) is -0.629. The first-order valence-corrected chi connectivity index (χ1v) is 5.60. The molecule has 3 N–H and O–H groups in total. The zero-order valence-electron chi connectivity index (χ0n) is 9.54. The third-order valence-electron chi connectivity index (χ3n) is 2.47. The van der Waals surface area contributed by atoms with Crippen LogP contribution in [0.3, 0.4) is 0 Å². The van der Waals surface area contributed by atoms with Crippen LogP contribution in [0.1, 0.15) is 39.0 Å². The van der Waals surface area contributed by atoms with Gasteiger partial charge in [-0.3, -0.25) is 0 Å². The molecule has 0 radical (unpaired) electrons. The summed E-state index contributed by atoms with van der Waals surface area (Å²) in [6.45, 7) is 2.46. The number of unbranched alkanes of at least 4 members (excludes halogenated alkanes) is 1. The summed E-state index contributed by atoms with van der Waals surface area (Å²) in [5.74, 6) is -0.324. The third-order valence-corrected chi connectivity index (χ3v) is 2.47. The van der Waals surface area contributed by atoms with Crippen LogP contribution in [0, 0.1) is 0 Å². The van der Waals surface area contributed by atoms with Gasteiger partial charge in [0.1, 0.15) is 0 Å². The van der Waals surface area contributed by atoms with Crippen molar-refractivity contribution in [2.75, 3.05) is 6.61 Å². The molecule has 5 heteroatoms. The third kappa shape index (κ3) is 3.56. The van der Waals surface area contributed by atoms with E-state index in [1.54, 1.807) is 0 Å². The lowest BCUT2D eigenvalue weighted by Gasteiger charge is -2.07. The van der Waals surface area contributed by atoms with Gasteiger partial charge in [-0.05, 0) is 25.7 Å². The largest absolute Gasteiger partial charge is 0.462 e. The molecule has 0 bridgehead atoms. The maximum Gasteiger partial charge on any atom is 0.335 e. The quantitative estimate of drug-likeness (QED) is 0.549. The summed E-state index contributed by atoms with van der Waals surface area (Å²) < 4.78 is 5.09. The summed E-state index contributed by atoms with van der Waals surface area (Å²) in [4.78, 5) is 22.3. The average Bonchev–Trinajstić information content (AvgIpc) is 2.65. The van der Waals surface area contributed by atoms with Crippen molar-refractivity contribution in [3.8, 4) is 0 Å². The molecule has 5 nitrogen and oxygen atoms in total. The molecule has 0 aliphatic heterocycles. The van der Waals surface area contributed by atoms with Gasteiger partial charge in [0, 0.05) is 5.70 Å². The number of primary amides is 1. The zero-order chi connectivity index (χ0) is 12.0. The van der Waals surface area contributed by atoms with Crippen LogP contribution in [0.5, 0.6) is 0 Å². The second kappa shape index (κ2) is 6.15. The highest BCUT2D eigenvalue weighted by molar-refractivity contribution is 5.91. The van der Waals surface area contributed by atoms with Crippen LogP contribution in [0.4, 0.5) is 4.79 Å². The molecule has 1 aliphatic carbocycles. The molecule has 1 aliphatic rings. The Bertz CT molecular complexity index is 310. The maximum atomic E-state index is 11.6. The summed E-state index contributed by atoms with van der Waals surface area (Å²) in [5, 5.41) is 2.48. The number of nitrogens with two attached hydrogens (primary N) is 1. The number of hydrogen-bond donors (Lipinski definition) is 2. The monoisotopic (exact) mass is 226 g/mol. The van der Waals surface area contributed by atoms with Crippen LogP contribution in [-0.2, 0) is 9.53 Å². The molecule has 0 unspecified atom stereocenters. The van der Waals surface area contributed by atoms with Gasteiger partial charge in [0.15, 0.2) is 0 Å². The first kappa shape index (κ1) is 12.5. The fraction of sp³-hybridized carbons (Fsp3) is 0.636. The molecule has 0 heterocycles. The fourth-order valence-electron chi connectivity index (χ4n) is 1.65. The smallest absolute Gasteiger partial charge is 0.335 e. The molecular weight excluding hydrogens is 208 g/mol. The van der Waals surface area contributed by atoms with Crippen molar-refractivity contribution in [1.29, 1.82) is 0 Å². The van der Waals surface area contributed by atoms with Crippen LogP contribution in [-0.4, -0.2) is 18.6 Å². The van der Waals surface area contributed by atoms with Crippen molar-refractivity contribution in [3.63, 3.8) is 0 Å². The predicted octanol–water partition coefficient (Wildman–Crippen LogP) is 1.44. The Hall–Kier alpha value is -1.52. The lowest BCUT2D eigenvalue weighted by Crippen LogP contribution is -2.29. The molecule has 0 aromatic heterocycles. The molecule has 0 fully saturated rings. The highest BCUT2D eigenvalue weighted by Gasteiger charge is 2.22.